The second-order valence-corrected chi connectivity index (χ2v) is 4.76. The van der Waals surface area contributed by atoms with Crippen molar-refractivity contribution in [1.82, 2.24) is 0 Å². The fourth-order valence-electron chi connectivity index (χ4n) is 2.34. The first-order valence-corrected chi connectivity index (χ1v) is 6.15. The van der Waals surface area contributed by atoms with Gasteiger partial charge >= 0.3 is 18.0 Å². The lowest BCUT2D eigenvalue weighted by atomic mass is 9.93. The molecule has 0 bridgehead atoms. The Morgan fingerprint density at radius 2 is 1.86 bits per heavy atom. The first-order chi connectivity index (χ1) is 10.2. The van der Waals surface area contributed by atoms with Crippen molar-refractivity contribution in [3.05, 3.63) is 54.0 Å². The van der Waals surface area contributed by atoms with Crippen LogP contribution in [-0.4, -0.2) is 11.8 Å². The molecule has 3 nitrogen and oxygen atoms in total. The van der Waals surface area contributed by atoms with E-state index in [9.17, 15) is 26.7 Å². The Balaban J connectivity index is 2.02. The van der Waals surface area contributed by atoms with E-state index in [1.807, 2.05) is 0 Å². The zero-order chi connectivity index (χ0) is 16.1. The number of halogens is 5. The molecule has 0 spiro atoms. The maximum atomic E-state index is 13.8. The van der Waals surface area contributed by atoms with Crippen molar-refractivity contribution in [2.24, 2.45) is 0 Å². The fraction of sp³-hybridized carbons (Fsp3) is 0.214. The van der Waals surface area contributed by atoms with Crippen molar-refractivity contribution >= 4 is 11.6 Å². The monoisotopic (exact) mass is 317 g/mol. The Labute approximate surface area is 120 Å². The lowest BCUT2D eigenvalue weighted by Crippen LogP contribution is -2.64. The fourth-order valence-corrected chi connectivity index (χ4v) is 2.34. The van der Waals surface area contributed by atoms with Crippen molar-refractivity contribution in [1.29, 1.82) is 0 Å². The molecular formula is C14H8F5NO2. The smallest absolute Gasteiger partial charge is 0.416 e. The number of β-lactam (4-membered cyclic amide) rings is 1. The molecule has 1 aromatic carbocycles. The Bertz CT molecular complexity index is 708. The Morgan fingerprint density at radius 3 is 2.45 bits per heavy atom. The van der Waals surface area contributed by atoms with Crippen LogP contribution in [0.4, 0.5) is 27.6 Å². The summed E-state index contributed by atoms with van der Waals surface area (Å²) in [6.45, 7) is 0. The second kappa shape index (κ2) is 4.56. The van der Waals surface area contributed by atoms with Crippen LogP contribution in [0.2, 0.25) is 0 Å². The molecule has 0 unspecified atom stereocenters. The number of rotatable bonds is 2. The molecule has 0 radical (unpaired) electrons. The normalized spacial score (nSPS) is 20.9. The summed E-state index contributed by atoms with van der Waals surface area (Å²) in [6, 6.07) is 4.53. The van der Waals surface area contributed by atoms with Crippen LogP contribution >= 0.6 is 0 Å². The number of carbonyl (C=O) groups is 1. The number of anilines is 1. The molecule has 22 heavy (non-hydrogen) atoms. The number of hydrogen-bond acceptors (Lipinski definition) is 2. The molecule has 0 saturated carbocycles. The predicted octanol–water partition coefficient (Wildman–Crippen LogP) is 4.02. The molecule has 1 fully saturated rings. The summed E-state index contributed by atoms with van der Waals surface area (Å²) in [6.07, 6.45) is -3.48. The highest BCUT2D eigenvalue weighted by Crippen LogP contribution is 2.50. The van der Waals surface area contributed by atoms with Gasteiger partial charge in [-0.05, 0) is 30.3 Å². The first kappa shape index (κ1) is 14.6. The van der Waals surface area contributed by atoms with E-state index in [1.54, 1.807) is 0 Å². The zero-order valence-corrected chi connectivity index (χ0v) is 10.8. The number of amides is 1. The third-order valence-electron chi connectivity index (χ3n) is 3.37. The molecule has 1 saturated heterocycles. The third-order valence-corrected chi connectivity index (χ3v) is 3.37. The predicted molar refractivity (Wildman–Crippen MR) is 65.3 cm³/mol. The highest BCUT2D eigenvalue weighted by Gasteiger charge is 2.66. The van der Waals surface area contributed by atoms with Crippen molar-refractivity contribution in [2.45, 2.75) is 18.1 Å². The molecule has 116 valence electrons. The van der Waals surface area contributed by atoms with E-state index in [4.69, 9.17) is 4.42 Å². The minimum absolute atomic E-state index is 0.193. The van der Waals surface area contributed by atoms with Gasteiger partial charge in [-0.15, -0.1) is 0 Å². The van der Waals surface area contributed by atoms with Gasteiger partial charge in [0.15, 0.2) is 6.04 Å². The van der Waals surface area contributed by atoms with Crippen LogP contribution in [0.25, 0.3) is 0 Å². The molecule has 3 rings (SSSR count). The molecule has 1 aliphatic rings. The summed E-state index contributed by atoms with van der Waals surface area (Å²) >= 11 is 0. The Kier molecular flexibility index (Phi) is 3.01. The summed E-state index contributed by atoms with van der Waals surface area (Å²) in [5.74, 6) is -5.47. The molecule has 0 aliphatic carbocycles. The highest BCUT2D eigenvalue weighted by molar-refractivity contribution is 6.07. The lowest BCUT2D eigenvalue weighted by Gasteiger charge is -2.45. The van der Waals surface area contributed by atoms with Crippen LogP contribution in [0.1, 0.15) is 17.4 Å². The van der Waals surface area contributed by atoms with Gasteiger partial charge in [0, 0.05) is 5.69 Å². The molecule has 1 atom stereocenters. The van der Waals surface area contributed by atoms with Crippen LogP contribution in [0.15, 0.2) is 47.1 Å². The van der Waals surface area contributed by atoms with Crippen LogP contribution < -0.4 is 4.90 Å². The summed E-state index contributed by atoms with van der Waals surface area (Å²) in [7, 11) is 0. The molecule has 1 aromatic heterocycles. The number of furan rings is 1. The van der Waals surface area contributed by atoms with Crippen LogP contribution in [0.5, 0.6) is 0 Å². The van der Waals surface area contributed by atoms with Crippen molar-refractivity contribution in [3.8, 4) is 0 Å². The lowest BCUT2D eigenvalue weighted by molar-refractivity contribution is -0.164. The molecule has 2 heterocycles. The standard InChI is InChI=1S/C14H8F5NO2/c15-13(16)11(10-5-2-6-22-10)20(12(13)21)9-4-1-3-8(7-9)14(17,18)19/h1-7,11H/t11-/m1/s1. The third kappa shape index (κ3) is 2.06. The van der Waals surface area contributed by atoms with E-state index >= 15 is 0 Å². The minimum atomic E-state index is -4.63. The molecule has 1 amide bonds. The quantitative estimate of drug-likeness (QED) is 0.619. The average molecular weight is 317 g/mol. The summed E-state index contributed by atoms with van der Waals surface area (Å²) in [4.78, 5) is 12.2. The van der Waals surface area contributed by atoms with Gasteiger partial charge in [-0.3, -0.25) is 9.69 Å². The van der Waals surface area contributed by atoms with Gasteiger partial charge in [-0.1, -0.05) is 6.07 Å². The number of nitrogens with zero attached hydrogens (tertiary/aromatic N) is 1. The molecule has 1 aliphatic heterocycles. The van der Waals surface area contributed by atoms with Gasteiger partial charge in [0.05, 0.1) is 11.8 Å². The van der Waals surface area contributed by atoms with Gasteiger partial charge < -0.3 is 4.42 Å². The summed E-state index contributed by atoms with van der Waals surface area (Å²) in [5.41, 5.74) is -1.28. The van der Waals surface area contributed by atoms with Gasteiger partial charge in [-0.25, -0.2) is 0 Å². The van der Waals surface area contributed by atoms with Crippen LogP contribution in [0.3, 0.4) is 0 Å². The van der Waals surface area contributed by atoms with Crippen LogP contribution in [0, 0.1) is 0 Å². The van der Waals surface area contributed by atoms with Crippen molar-refractivity contribution in [2.75, 3.05) is 4.90 Å². The van der Waals surface area contributed by atoms with E-state index in [1.165, 1.54) is 18.2 Å². The van der Waals surface area contributed by atoms with Gasteiger partial charge in [0.25, 0.3) is 0 Å². The maximum Gasteiger partial charge on any atom is 0.416 e. The first-order valence-electron chi connectivity index (χ1n) is 6.15. The average Bonchev–Trinajstić information content (AvgIpc) is 2.96. The van der Waals surface area contributed by atoms with E-state index in [-0.39, 0.29) is 11.4 Å². The zero-order valence-electron chi connectivity index (χ0n) is 10.8. The minimum Gasteiger partial charge on any atom is -0.467 e. The van der Waals surface area contributed by atoms with Gasteiger partial charge in [-0.2, -0.15) is 22.0 Å². The van der Waals surface area contributed by atoms with Gasteiger partial charge in [0.1, 0.15) is 5.76 Å². The largest absolute Gasteiger partial charge is 0.467 e. The van der Waals surface area contributed by atoms with E-state index in [0.29, 0.717) is 11.0 Å². The Hall–Kier alpha value is -2.38. The number of benzene rings is 1. The van der Waals surface area contributed by atoms with Gasteiger partial charge in [0.2, 0.25) is 0 Å². The Morgan fingerprint density at radius 1 is 1.14 bits per heavy atom. The van der Waals surface area contributed by atoms with E-state index in [2.05, 4.69) is 0 Å². The molecule has 2 aromatic rings. The van der Waals surface area contributed by atoms with E-state index < -0.39 is 29.6 Å². The number of carbonyl (C=O) groups excluding carboxylic acids is 1. The van der Waals surface area contributed by atoms with Crippen molar-refractivity contribution < 1.29 is 31.2 Å². The topological polar surface area (TPSA) is 33.5 Å². The highest BCUT2D eigenvalue weighted by atomic mass is 19.4. The molecule has 8 heteroatoms. The molecular weight excluding hydrogens is 309 g/mol. The molecule has 0 N–H and O–H groups in total. The van der Waals surface area contributed by atoms with E-state index in [0.717, 1.165) is 18.4 Å². The summed E-state index contributed by atoms with van der Waals surface area (Å²) < 4.78 is 70.5. The van der Waals surface area contributed by atoms with Crippen molar-refractivity contribution in [3.63, 3.8) is 0 Å². The maximum absolute atomic E-state index is 13.8. The van der Waals surface area contributed by atoms with Crippen LogP contribution in [-0.2, 0) is 11.0 Å². The number of alkyl halides is 5. The SMILES string of the molecule is O=C1N(c2cccc(C(F)(F)F)c2)[C@H](c2ccco2)C1(F)F. The summed E-state index contributed by atoms with van der Waals surface area (Å²) in [5, 5.41) is 0. The second-order valence-electron chi connectivity index (χ2n) is 4.76. The number of hydrogen-bond donors (Lipinski definition) is 0.